The second-order valence-electron chi connectivity index (χ2n) is 5.74. The first-order valence-electron chi connectivity index (χ1n) is 7.69. The average Bonchev–Trinajstić information content (AvgIpc) is 3.08. The average molecular weight is 301 g/mol. The number of hydrogen-bond donors (Lipinski definition) is 1. The maximum absolute atomic E-state index is 13.7. The van der Waals surface area contributed by atoms with E-state index in [4.69, 9.17) is 0 Å². The van der Waals surface area contributed by atoms with Gasteiger partial charge in [0.25, 0.3) is 0 Å². The van der Waals surface area contributed by atoms with Crippen LogP contribution in [0.25, 0.3) is 0 Å². The Bertz CT molecular complexity index is 680. The number of nitrogens with zero attached hydrogens (tertiary/aromatic N) is 2. The number of amides is 1. The Morgan fingerprint density at radius 1 is 1.50 bits per heavy atom. The fourth-order valence-electron chi connectivity index (χ4n) is 3.08. The minimum atomic E-state index is -0.162. The van der Waals surface area contributed by atoms with Gasteiger partial charge in [0.15, 0.2) is 0 Å². The molecule has 0 spiro atoms. The lowest BCUT2D eigenvalue weighted by molar-refractivity contribution is -0.122. The molecule has 1 unspecified atom stereocenters. The SMILES string of the molecule is Cc1nccn1CCCC(=O)NC1CCc2c(F)cccc21. The highest BCUT2D eigenvalue weighted by molar-refractivity contribution is 5.76. The number of rotatable bonds is 5. The number of fused-ring (bicyclic) bond motifs is 1. The van der Waals surface area contributed by atoms with Crippen LogP contribution in [0.5, 0.6) is 0 Å². The summed E-state index contributed by atoms with van der Waals surface area (Å²) in [5.74, 6) is 0.824. The highest BCUT2D eigenvalue weighted by atomic mass is 19.1. The van der Waals surface area contributed by atoms with E-state index in [0.29, 0.717) is 12.8 Å². The number of halogens is 1. The van der Waals surface area contributed by atoms with Gasteiger partial charge in [-0.1, -0.05) is 12.1 Å². The fraction of sp³-hybridized carbons (Fsp3) is 0.412. The van der Waals surface area contributed by atoms with E-state index in [0.717, 1.165) is 36.3 Å². The molecule has 4 nitrogen and oxygen atoms in total. The molecule has 0 radical (unpaired) electrons. The standard InChI is InChI=1S/C17H20FN3O/c1-12-19-9-11-21(12)10-3-6-17(22)20-16-8-7-13-14(16)4-2-5-15(13)18/h2,4-5,9,11,16H,3,6-8,10H2,1H3,(H,20,22). The number of aromatic nitrogens is 2. The van der Waals surface area contributed by atoms with Crippen LogP contribution < -0.4 is 5.32 Å². The Morgan fingerprint density at radius 3 is 3.14 bits per heavy atom. The van der Waals surface area contributed by atoms with Gasteiger partial charge in [0, 0.05) is 25.4 Å². The number of hydrogen-bond acceptors (Lipinski definition) is 2. The second-order valence-corrected chi connectivity index (χ2v) is 5.74. The van der Waals surface area contributed by atoms with Crippen LogP contribution in [0.2, 0.25) is 0 Å². The van der Waals surface area contributed by atoms with Crippen molar-refractivity contribution in [3.8, 4) is 0 Å². The van der Waals surface area contributed by atoms with Crippen LogP contribution in [-0.4, -0.2) is 15.5 Å². The Kier molecular flexibility index (Phi) is 4.22. The number of nitrogens with one attached hydrogen (secondary N) is 1. The predicted molar refractivity (Wildman–Crippen MR) is 81.8 cm³/mol. The molecule has 5 heteroatoms. The van der Waals surface area contributed by atoms with Gasteiger partial charge in [0.05, 0.1) is 6.04 Å². The third-order valence-electron chi connectivity index (χ3n) is 4.28. The van der Waals surface area contributed by atoms with Crippen molar-refractivity contribution in [2.75, 3.05) is 0 Å². The third kappa shape index (κ3) is 3.03. The van der Waals surface area contributed by atoms with Crippen LogP contribution in [0.15, 0.2) is 30.6 Å². The Balaban J connectivity index is 1.51. The van der Waals surface area contributed by atoms with Gasteiger partial charge in [-0.3, -0.25) is 4.79 Å². The zero-order valence-electron chi connectivity index (χ0n) is 12.7. The largest absolute Gasteiger partial charge is 0.349 e. The fourth-order valence-corrected chi connectivity index (χ4v) is 3.08. The van der Waals surface area contributed by atoms with E-state index < -0.39 is 0 Å². The topological polar surface area (TPSA) is 46.9 Å². The Labute approximate surface area is 129 Å². The molecule has 3 rings (SSSR count). The van der Waals surface area contributed by atoms with Crippen molar-refractivity contribution in [1.29, 1.82) is 0 Å². The highest BCUT2D eigenvalue weighted by Gasteiger charge is 2.25. The van der Waals surface area contributed by atoms with Crippen LogP contribution in [-0.2, 0) is 17.8 Å². The zero-order chi connectivity index (χ0) is 15.5. The van der Waals surface area contributed by atoms with Crippen molar-refractivity contribution in [3.63, 3.8) is 0 Å². The Hall–Kier alpha value is -2.17. The summed E-state index contributed by atoms with van der Waals surface area (Å²) in [4.78, 5) is 16.2. The molecule has 1 aromatic heterocycles. The molecule has 0 bridgehead atoms. The maximum Gasteiger partial charge on any atom is 0.220 e. The summed E-state index contributed by atoms with van der Waals surface area (Å²) in [7, 11) is 0. The van der Waals surface area contributed by atoms with Gasteiger partial charge in [-0.25, -0.2) is 9.37 Å². The molecular formula is C17H20FN3O. The normalized spacial score (nSPS) is 16.5. The van der Waals surface area contributed by atoms with E-state index in [9.17, 15) is 9.18 Å². The minimum absolute atomic E-state index is 0.0277. The van der Waals surface area contributed by atoms with Crippen molar-refractivity contribution in [2.24, 2.45) is 0 Å². The van der Waals surface area contributed by atoms with E-state index in [1.807, 2.05) is 23.8 Å². The van der Waals surface area contributed by atoms with Crippen molar-refractivity contribution < 1.29 is 9.18 Å². The molecule has 0 fully saturated rings. The van der Waals surface area contributed by atoms with Gasteiger partial charge >= 0.3 is 0 Å². The van der Waals surface area contributed by atoms with Crippen molar-refractivity contribution >= 4 is 5.91 Å². The summed E-state index contributed by atoms with van der Waals surface area (Å²) < 4.78 is 15.7. The molecule has 1 atom stereocenters. The molecule has 1 N–H and O–H groups in total. The van der Waals surface area contributed by atoms with Crippen LogP contribution in [0.4, 0.5) is 4.39 Å². The highest BCUT2D eigenvalue weighted by Crippen LogP contribution is 2.32. The lowest BCUT2D eigenvalue weighted by Gasteiger charge is -2.14. The molecule has 22 heavy (non-hydrogen) atoms. The minimum Gasteiger partial charge on any atom is -0.349 e. The first-order chi connectivity index (χ1) is 10.6. The summed E-state index contributed by atoms with van der Waals surface area (Å²) in [5, 5.41) is 3.03. The number of aryl methyl sites for hydroxylation is 2. The summed E-state index contributed by atoms with van der Waals surface area (Å²) in [5.41, 5.74) is 1.68. The molecular weight excluding hydrogens is 281 g/mol. The van der Waals surface area contributed by atoms with Gasteiger partial charge in [-0.15, -0.1) is 0 Å². The third-order valence-corrected chi connectivity index (χ3v) is 4.28. The quantitative estimate of drug-likeness (QED) is 0.923. The first kappa shape index (κ1) is 14.8. The molecule has 0 aliphatic heterocycles. The summed E-state index contributed by atoms with van der Waals surface area (Å²) in [6.45, 7) is 2.74. The smallest absolute Gasteiger partial charge is 0.220 e. The molecule has 2 aromatic rings. The molecule has 0 saturated heterocycles. The lowest BCUT2D eigenvalue weighted by Crippen LogP contribution is -2.27. The van der Waals surface area contributed by atoms with Crippen LogP contribution in [0.3, 0.4) is 0 Å². The molecule has 1 aliphatic rings. The van der Waals surface area contributed by atoms with E-state index in [2.05, 4.69) is 10.3 Å². The predicted octanol–water partition coefficient (Wildman–Crippen LogP) is 2.91. The molecule has 1 aromatic carbocycles. The maximum atomic E-state index is 13.7. The summed E-state index contributed by atoms with van der Waals surface area (Å²) >= 11 is 0. The van der Waals surface area contributed by atoms with Gasteiger partial charge in [0.1, 0.15) is 11.6 Å². The molecule has 0 saturated carbocycles. The lowest BCUT2D eigenvalue weighted by atomic mass is 10.1. The number of carbonyl (C=O) groups is 1. The van der Waals surface area contributed by atoms with Crippen LogP contribution in [0, 0.1) is 12.7 Å². The first-order valence-corrected chi connectivity index (χ1v) is 7.69. The van der Waals surface area contributed by atoms with E-state index in [1.165, 1.54) is 6.07 Å². The summed E-state index contributed by atoms with van der Waals surface area (Å²) in [6.07, 6.45) is 6.40. The van der Waals surface area contributed by atoms with Crippen LogP contribution >= 0.6 is 0 Å². The summed E-state index contributed by atoms with van der Waals surface area (Å²) in [6, 6.07) is 5.05. The van der Waals surface area contributed by atoms with Gasteiger partial charge in [-0.05, 0) is 43.4 Å². The molecule has 1 heterocycles. The molecule has 1 amide bonds. The number of imidazole rings is 1. The van der Waals surface area contributed by atoms with Crippen molar-refractivity contribution in [2.45, 2.75) is 45.2 Å². The van der Waals surface area contributed by atoms with Gasteiger partial charge in [-0.2, -0.15) is 0 Å². The molecule has 116 valence electrons. The molecule has 1 aliphatic carbocycles. The Morgan fingerprint density at radius 2 is 2.36 bits per heavy atom. The second kappa shape index (κ2) is 6.30. The van der Waals surface area contributed by atoms with Crippen molar-refractivity contribution in [3.05, 3.63) is 53.4 Å². The monoisotopic (exact) mass is 301 g/mol. The van der Waals surface area contributed by atoms with Crippen molar-refractivity contribution in [1.82, 2.24) is 14.9 Å². The number of benzene rings is 1. The van der Waals surface area contributed by atoms with Gasteiger partial charge < -0.3 is 9.88 Å². The van der Waals surface area contributed by atoms with E-state index >= 15 is 0 Å². The van der Waals surface area contributed by atoms with Gasteiger partial charge in [0.2, 0.25) is 5.91 Å². The van der Waals surface area contributed by atoms with E-state index in [-0.39, 0.29) is 17.8 Å². The van der Waals surface area contributed by atoms with E-state index in [1.54, 1.807) is 12.3 Å². The number of carbonyl (C=O) groups excluding carboxylic acids is 1. The zero-order valence-corrected chi connectivity index (χ0v) is 12.7. The van der Waals surface area contributed by atoms with Crippen LogP contribution in [0.1, 0.15) is 42.3 Å².